The van der Waals surface area contributed by atoms with Crippen molar-refractivity contribution in [2.45, 2.75) is 30.6 Å². The number of carbonyl (C=O) groups is 1. The maximum absolute atomic E-state index is 12.3. The van der Waals surface area contributed by atoms with Crippen LogP contribution in [0.25, 0.3) is 11.3 Å². The maximum atomic E-state index is 12.3. The monoisotopic (exact) mass is 348 g/mol. The van der Waals surface area contributed by atoms with Crippen molar-refractivity contribution in [3.05, 3.63) is 40.7 Å². The number of nitrogens with one attached hydrogen (secondary N) is 1. The number of thiazole rings is 1. The largest absolute Gasteiger partial charge is 0.387 e. The van der Waals surface area contributed by atoms with E-state index >= 15 is 0 Å². The van der Waals surface area contributed by atoms with E-state index in [1.807, 2.05) is 17.5 Å². The molecule has 4 nitrogen and oxygen atoms in total. The fourth-order valence-corrected chi connectivity index (χ4v) is 4.48. The highest BCUT2D eigenvalue weighted by molar-refractivity contribution is 8.00. The number of carbonyl (C=O) groups excluding carboxylic acids is 1. The molecule has 2 N–H and O–H groups in total. The second-order valence-electron chi connectivity index (χ2n) is 5.72. The predicted octanol–water partition coefficient (Wildman–Crippen LogP) is 3.19. The molecule has 2 unspecified atom stereocenters. The normalized spacial score (nSPS) is 23.3. The fraction of sp³-hybridized carbons (Fsp3) is 0.412. The number of aliphatic hydroxyl groups is 1. The molecule has 1 aliphatic rings. The molecule has 2 atom stereocenters. The van der Waals surface area contributed by atoms with Gasteiger partial charge in [-0.2, -0.15) is 11.8 Å². The SMILES string of the molecule is CCSC1CCC1(O)CNC(=O)c1ccc(-c2cscn2)cc1. The molecular weight excluding hydrogens is 328 g/mol. The highest BCUT2D eigenvalue weighted by atomic mass is 32.2. The summed E-state index contributed by atoms with van der Waals surface area (Å²) in [4.78, 5) is 16.5. The van der Waals surface area contributed by atoms with Gasteiger partial charge >= 0.3 is 0 Å². The Morgan fingerprint density at radius 1 is 1.48 bits per heavy atom. The zero-order chi connectivity index (χ0) is 16.3. The highest BCUT2D eigenvalue weighted by Gasteiger charge is 2.45. The lowest BCUT2D eigenvalue weighted by molar-refractivity contribution is -0.0221. The third-order valence-electron chi connectivity index (χ3n) is 4.24. The van der Waals surface area contributed by atoms with Gasteiger partial charge in [-0.25, -0.2) is 4.98 Å². The van der Waals surface area contributed by atoms with E-state index in [1.165, 1.54) is 0 Å². The van der Waals surface area contributed by atoms with Gasteiger partial charge in [-0.1, -0.05) is 19.1 Å². The highest BCUT2D eigenvalue weighted by Crippen LogP contribution is 2.40. The molecular formula is C17H20N2O2S2. The standard InChI is InChI=1S/C17H20N2O2S2/c1-2-23-15-7-8-17(15,21)10-18-16(20)13-5-3-12(4-6-13)14-9-22-11-19-14/h3-6,9,11,15,21H,2,7-8,10H2,1H3,(H,18,20). The number of rotatable bonds is 6. The van der Waals surface area contributed by atoms with Gasteiger partial charge < -0.3 is 10.4 Å². The molecule has 2 aromatic rings. The minimum Gasteiger partial charge on any atom is -0.387 e. The summed E-state index contributed by atoms with van der Waals surface area (Å²) in [5, 5.41) is 15.6. The molecule has 3 rings (SSSR count). The van der Waals surface area contributed by atoms with Gasteiger partial charge in [-0.3, -0.25) is 4.79 Å². The molecule has 122 valence electrons. The summed E-state index contributed by atoms with van der Waals surface area (Å²) in [6.45, 7) is 2.41. The van der Waals surface area contributed by atoms with Crippen LogP contribution >= 0.6 is 23.1 Å². The van der Waals surface area contributed by atoms with Crippen molar-refractivity contribution in [2.24, 2.45) is 0 Å². The Balaban J connectivity index is 1.58. The number of thioether (sulfide) groups is 1. The van der Waals surface area contributed by atoms with Crippen molar-refractivity contribution >= 4 is 29.0 Å². The van der Waals surface area contributed by atoms with Crippen LogP contribution in [-0.4, -0.2) is 39.1 Å². The molecule has 1 saturated carbocycles. The van der Waals surface area contributed by atoms with E-state index < -0.39 is 5.60 Å². The lowest BCUT2D eigenvalue weighted by atomic mass is 9.79. The van der Waals surface area contributed by atoms with E-state index in [1.54, 1.807) is 40.7 Å². The Morgan fingerprint density at radius 3 is 2.83 bits per heavy atom. The number of hydrogen-bond acceptors (Lipinski definition) is 5. The summed E-state index contributed by atoms with van der Waals surface area (Å²) in [6.07, 6.45) is 1.78. The van der Waals surface area contributed by atoms with Crippen LogP contribution in [0.3, 0.4) is 0 Å². The second-order valence-corrected chi connectivity index (χ2v) is 7.92. The van der Waals surface area contributed by atoms with Crippen LogP contribution in [0.15, 0.2) is 35.2 Å². The summed E-state index contributed by atoms with van der Waals surface area (Å²) in [6, 6.07) is 7.40. The first-order valence-electron chi connectivity index (χ1n) is 7.73. The van der Waals surface area contributed by atoms with Crippen molar-refractivity contribution in [1.29, 1.82) is 0 Å². The quantitative estimate of drug-likeness (QED) is 0.842. The van der Waals surface area contributed by atoms with Gasteiger partial charge in [0.15, 0.2) is 0 Å². The van der Waals surface area contributed by atoms with Gasteiger partial charge in [0, 0.05) is 28.3 Å². The Hall–Kier alpha value is -1.37. The van der Waals surface area contributed by atoms with Crippen LogP contribution in [0.4, 0.5) is 0 Å². The van der Waals surface area contributed by atoms with E-state index in [4.69, 9.17) is 0 Å². The summed E-state index contributed by atoms with van der Waals surface area (Å²) >= 11 is 3.31. The Labute approximate surface area is 144 Å². The summed E-state index contributed by atoms with van der Waals surface area (Å²) in [5.41, 5.74) is 3.56. The summed E-state index contributed by atoms with van der Waals surface area (Å²) in [5.74, 6) is 0.842. The van der Waals surface area contributed by atoms with E-state index in [0.29, 0.717) is 12.1 Å². The summed E-state index contributed by atoms with van der Waals surface area (Å²) < 4.78 is 0. The molecule has 1 heterocycles. The third kappa shape index (κ3) is 3.59. The maximum Gasteiger partial charge on any atom is 0.251 e. The van der Waals surface area contributed by atoms with Gasteiger partial charge in [-0.05, 0) is 30.7 Å². The van der Waals surface area contributed by atoms with E-state index in [0.717, 1.165) is 29.9 Å². The molecule has 0 radical (unpaired) electrons. The molecule has 1 aromatic heterocycles. The van der Waals surface area contributed by atoms with Gasteiger partial charge in [0.1, 0.15) is 0 Å². The van der Waals surface area contributed by atoms with Crippen LogP contribution in [0, 0.1) is 0 Å². The smallest absolute Gasteiger partial charge is 0.251 e. The number of hydrogen-bond donors (Lipinski definition) is 2. The molecule has 0 bridgehead atoms. The first kappa shape index (κ1) is 16.5. The molecule has 6 heteroatoms. The second kappa shape index (κ2) is 7.03. The van der Waals surface area contributed by atoms with E-state index in [2.05, 4.69) is 17.2 Å². The average Bonchev–Trinajstić information content (AvgIpc) is 3.11. The Bertz CT molecular complexity index is 658. The number of aromatic nitrogens is 1. The Kier molecular flexibility index (Phi) is 5.04. The number of nitrogens with zero attached hydrogens (tertiary/aromatic N) is 1. The van der Waals surface area contributed by atoms with Crippen molar-refractivity contribution in [3.63, 3.8) is 0 Å². The zero-order valence-corrected chi connectivity index (χ0v) is 14.6. The molecule has 0 spiro atoms. The van der Waals surface area contributed by atoms with Crippen LogP contribution in [0.5, 0.6) is 0 Å². The van der Waals surface area contributed by atoms with E-state index in [-0.39, 0.29) is 11.2 Å². The molecule has 1 fully saturated rings. The minimum absolute atomic E-state index is 0.143. The lowest BCUT2D eigenvalue weighted by Crippen LogP contribution is -2.57. The zero-order valence-electron chi connectivity index (χ0n) is 13.0. The predicted molar refractivity (Wildman–Crippen MR) is 96.0 cm³/mol. The average molecular weight is 348 g/mol. The van der Waals surface area contributed by atoms with Gasteiger partial charge in [0.25, 0.3) is 5.91 Å². The van der Waals surface area contributed by atoms with Crippen LogP contribution in [0.1, 0.15) is 30.1 Å². The van der Waals surface area contributed by atoms with Gasteiger partial charge in [-0.15, -0.1) is 11.3 Å². The Morgan fingerprint density at radius 2 is 2.26 bits per heavy atom. The fourth-order valence-electron chi connectivity index (χ4n) is 2.72. The van der Waals surface area contributed by atoms with Crippen molar-refractivity contribution in [2.75, 3.05) is 12.3 Å². The molecule has 1 aromatic carbocycles. The van der Waals surface area contributed by atoms with Crippen LogP contribution in [-0.2, 0) is 0 Å². The van der Waals surface area contributed by atoms with E-state index in [9.17, 15) is 9.90 Å². The molecule has 0 saturated heterocycles. The van der Waals surface area contributed by atoms with Gasteiger partial charge in [0.2, 0.25) is 0 Å². The van der Waals surface area contributed by atoms with Crippen molar-refractivity contribution in [3.8, 4) is 11.3 Å². The van der Waals surface area contributed by atoms with Crippen LogP contribution in [0.2, 0.25) is 0 Å². The van der Waals surface area contributed by atoms with Crippen molar-refractivity contribution < 1.29 is 9.90 Å². The minimum atomic E-state index is -0.753. The summed E-state index contributed by atoms with van der Waals surface area (Å²) in [7, 11) is 0. The lowest BCUT2D eigenvalue weighted by Gasteiger charge is -2.45. The first-order chi connectivity index (χ1) is 11.1. The van der Waals surface area contributed by atoms with Gasteiger partial charge in [0.05, 0.1) is 16.8 Å². The third-order valence-corrected chi connectivity index (χ3v) is 6.23. The number of amides is 1. The van der Waals surface area contributed by atoms with Crippen LogP contribution < -0.4 is 5.32 Å². The molecule has 23 heavy (non-hydrogen) atoms. The topological polar surface area (TPSA) is 62.2 Å². The molecule has 0 aliphatic heterocycles. The molecule has 1 aliphatic carbocycles. The molecule has 1 amide bonds. The van der Waals surface area contributed by atoms with Crippen molar-refractivity contribution in [1.82, 2.24) is 10.3 Å². The number of benzene rings is 1. The first-order valence-corrected chi connectivity index (χ1v) is 9.72.